The van der Waals surface area contributed by atoms with Crippen molar-refractivity contribution in [2.24, 2.45) is 0 Å². The summed E-state index contributed by atoms with van der Waals surface area (Å²) in [5.41, 5.74) is 2.49. The third kappa shape index (κ3) is 2.66. The van der Waals surface area contributed by atoms with Gasteiger partial charge < -0.3 is 19.7 Å². The lowest BCUT2D eigenvalue weighted by atomic mass is 10.1. The molecule has 2 heterocycles. The minimum absolute atomic E-state index is 0.387. The highest BCUT2D eigenvalue weighted by Crippen LogP contribution is 2.28. The summed E-state index contributed by atoms with van der Waals surface area (Å²) in [4.78, 5) is 2.51. The van der Waals surface area contributed by atoms with Crippen molar-refractivity contribution < 1.29 is 9.47 Å². The molecule has 98 valence electrons. The Morgan fingerprint density at radius 3 is 3.00 bits per heavy atom. The molecule has 0 amide bonds. The summed E-state index contributed by atoms with van der Waals surface area (Å²) in [7, 11) is 0. The van der Waals surface area contributed by atoms with Gasteiger partial charge in [0.25, 0.3) is 0 Å². The van der Waals surface area contributed by atoms with Crippen LogP contribution in [0.4, 0.5) is 0 Å². The van der Waals surface area contributed by atoms with E-state index in [1.165, 1.54) is 11.1 Å². The number of para-hydroxylation sites is 1. The molecule has 0 aliphatic carbocycles. The van der Waals surface area contributed by atoms with E-state index in [1.54, 1.807) is 0 Å². The van der Waals surface area contributed by atoms with E-state index in [9.17, 15) is 0 Å². The fourth-order valence-corrected chi connectivity index (χ4v) is 2.60. The molecule has 0 spiro atoms. The molecule has 18 heavy (non-hydrogen) atoms. The van der Waals surface area contributed by atoms with Crippen LogP contribution in [0.5, 0.6) is 5.75 Å². The van der Waals surface area contributed by atoms with Gasteiger partial charge in [-0.15, -0.1) is 0 Å². The quantitative estimate of drug-likeness (QED) is 0.865. The maximum Gasteiger partial charge on any atom is 0.189 e. The van der Waals surface area contributed by atoms with Crippen molar-refractivity contribution in [3.8, 4) is 5.75 Å². The molecule has 0 radical (unpaired) electrons. The molecule has 2 aliphatic heterocycles. The standard InChI is InChI=1S/C14H20N2O2/c1-2-12(4-7-16-8-5-15-6-9-16)14-13(3-1)10-17-11-18-14/h1-3,15H,4-11H2. The largest absolute Gasteiger partial charge is 0.467 e. The first-order chi connectivity index (χ1) is 8.93. The van der Waals surface area contributed by atoms with Gasteiger partial charge in [0.1, 0.15) is 5.75 Å². The zero-order valence-electron chi connectivity index (χ0n) is 10.7. The molecular formula is C14H20N2O2. The van der Waals surface area contributed by atoms with Gasteiger partial charge in [-0.25, -0.2) is 0 Å². The summed E-state index contributed by atoms with van der Waals surface area (Å²) in [5, 5.41) is 3.38. The molecule has 4 heteroatoms. The van der Waals surface area contributed by atoms with Gasteiger partial charge in [0.2, 0.25) is 0 Å². The van der Waals surface area contributed by atoms with E-state index in [0.717, 1.165) is 44.9 Å². The Labute approximate surface area is 108 Å². The smallest absolute Gasteiger partial charge is 0.189 e. The molecule has 0 unspecified atom stereocenters. The van der Waals surface area contributed by atoms with Crippen LogP contribution in [0.25, 0.3) is 0 Å². The second kappa shape index (κ2) is 5.69. The number of rotatable bonds is 3. The van der Waals surface area contributed by atoms with Crippen LogP contribution in [0.2, 0.25) is 0 Å². The molecule has 0 atom stereocenters. The number of benzene rings is 1. The zero-order valence-corrected chi connectivity index (χ0v) is 10.7. The van der Waals surface area contributed by atoms with Crippen LogP contribution < -0.4 is 10.1 Å². The Hall–Kier alpha value is -1.10. The van der Waals surface area contributed by atoms with Crippen LogP contribution in [-0.4, -0.2) is 44.4 Å². The molecule has 1 aromatic carbocycles. The average molecular weight is 248 g/mol. The van der Waals surface area contributed by atoms with Crippen LogP contribution in [0.15, 0.2) is 18.2 Å². The first kappa shape index (κ1) is 12.0. The van der Waals surface area contributed by atoms with Crippen LogP contribution in [-0.2, 0) is 17.8 Å². The highest BCUT2D eigenvalue weighted by molar-refractivity contribution is 5.42. The molecule has 1 aromatic rings. The van der Waals surface area contributed by atoms with E-state index < -0.39 is 0 Å². The number of hydrogen-bond acceptors (Lipinski definition) is 4. The van der Waals surface area contributed by atoms with E-state index in [1.807, 2.05) is 0 Å². The highest BCUT2D eigenvalue weighted by atomic mass is 16.7. The topological polar surface area (TPSA) is 33.7 Å². The summed E-state index contributed by atoms with van der Waals surface area (Å²) in [6.07, 6.45) is 1.06. The molecule has 1 saturated heterocycles. The van der Waals surface area contributed by atoms with Gasteiger partial charge in [0, 0.05) is 38.3 Å². The molecule has 1 N–H and O–H groups in total. The Kier molecular flexibility index (Phi) is 3.78. The lowest BCUT2D eigenvalue weighted by Gasteiger charge is -2.28. The first-order valence-corrected chi connectivity index (χ1v) is 6.68. The monoisotopic (exact) mass is 248 g/mol. The highest BCUT2D eigenvalue weighted by Gasteiger charge is 2.16. The van der Waals surface area contributed by atoms with Crippen molar-refractivity contribution in [1.29, 1.82) is 0 Å². The number of piperazine rings is 1. The molecule has 0 saturated carbocycles. The number of hydrogen-bond donors (Lipinski definition) is 1. The molecule has 0 aromatic heterocycles. The summed E-state index contributed by atoms with van der Waals surface area (Å²) in [5.74, 6) is 1.05. The Bertz CT molecular complexity index is 403. The van der Waals surface area contributed by atoms with Crippen molar-refractivity contribution in [1.82, 2.24) is 10.2 Å². The van der Waals surface area contributed by atoms with Gasteiger partial charge in [0.05, 0.1) is 6.61 Å². The van der Waals surface area contributed by atoms with Crippen molar-refractivity contribution in [3.63, 3.8) is 0 Å². The van der Waals surface area contributed by atoms with Gasteiger partial charge >= 0.3 is 0 Å². The molecular weight excluding hydrogens is 228 g/mol. The maximum atomic E-state index is 5.64. The first-order valence-electron chi connectivity index (χ1n) is 6.68. The number of ether oxygens (including phenoxy) is 2. The second-order valence-electron chi connectivity index (χ2n) is 4.86. The SMILES string of the molecule is c1cc(CCN2CCNCC2)c2c(c1)COCO2. The van der Waals surface area contributed by atoms with Crippen LogP contribution in [0.3, 0.4) is 0 Å². The van der Waals surface area contributed by atoms with Crippen LogP contribution >= 0.6 is 0 Å². The molecule has 0 bridgehead atoms. The van der Waals surface area contributed by atoms with E-state index in [0.29, 0.717) is 13.4 Å². The lowest BCUT2D eigenvalue weighted by molar-refractivity contribution is -0.0171. The predicted octanol–water partition coefficient (Wildman–Crippen LogP) is 1.00. The zero-order chi connectivity index (χ0) is 12.2. The average Bonchev–Trinajstić information content (AvgIpc) is 2.46. The fraction of sp³-hybridized carbons (Fsp3) is 0.571. The van der Waals surface area contributed by atoms with Gasteiger partial charge in [-0.2, -0.15) is 0 Å². The van der Waals surface area contributed by atoms with Gasteiger partial charge in [-0.05, 0) is 12.0 Å². The van der Waals surface area contributed by atoms with Crippen molar-refractivity contribution in [2.75, 3.05) is 39.5 Å². The normalized spacial score (nSPS) is 20.2. The summed E-state index contributed by atoms with van der Waals surface area (Å²) in [6, 6.07) is 6.36. The second-order valence-corrected chi connectivity index (χ2v) is 4.86. The Balaban J connectivity index is 1.65. The molecule has 4 nitrogen and oxygen atoms in total. The van der Waals surface area contributed by atoms with E-state index in [-0.39, 0.29) is 0 Å². The molecule has 3 rings (SSSR count). The number of nitrogens with one attached hydrogen (secondary N) is 1. The summed E-state index contributed by atoms with van der Waals surface area (Å²) < 4.78 is 10.9. The molecule has 2 aliphatic rings. The Morgan fingerprint density at radius 2 is 2.11 bits per heavy atom. The fourth-order valence-electron chi connectivity index (χ4n) is 2.60. The lowest BCUT2D eigenvalue weighted by Crippen LogP contribution is -2.44. The Morgan fingerprint density at radius 1 is 1.22 bits per heavy atom. The van der Waals surface area contributed by atoms with Crippen molar-refractivity contribution in [2.45, 2.75) is 13.0 Å². The van der Waals surface area contributed by atoms with Crippen LogP contribution in [0.1, 0.15) is 11.1 Å². The summed E-state index contributed by atoms with van der Waals surface area (Å²) >= 11 is 0. The predicted molar refractivity (Wildman–Crippen MR) is 69.7 cm³/mol. The molecule has 1 fully saturated rings. The number of nitrogens with zero attached hydrogens (tertiary/aromatic N) is 1. The van der Waals surface area contributed by atoms with E-state index in [2.05, 4.69) is 28.4 Å². The van der Waals surface area contributed by atoms with Gasteiger partial charge in [-0.3, -0.25) is 0 Å². The van der Waals surface area contributed by atoms with Gasteiger partial charge in [-0.1, -0.05) is 18.2 Å². The maximum absolute atomic E-state index is 5.64. The summed E-state index contributed by atoms with van der Waals surface area (Å²) in [6.45, 7) is 6.70. The third-order valence-electron chi connectivity index (χ3n) is 3.63. The van der Waals surface area contributed by atoms with E-state index >= 15 is 0 Å². The number of fused-ring (bicyclic) bond motifs is 1. The van der Waals surface area contributed by atoms with Crippen molar-refractivity contribution >= 4 is 0 Å². The minimum atomic E-state index is 0.387. The minimum Gasteiger partial charge on any atom is -0.467 e. The van der Waals surface area contributed by atoms with E-state index in [4.69, 9.17) is 9.47 Å². The van der Waals surface area contributed by atoms with Gasteiger partial charge in [0.15, 0.2) is 6.79 Å². The van der Waals surface area contributed by atoms with Crippen molar-refractivity contribution in [3.05, 3.63) is 29.3 Å². The third-order valence-corrected chi connectivity index (χ3v) is 3.63. The van der Waals surface area contributed by atoms with Crippen LogP contribution in [0, 0.1) is 0 Å².